The number of nitrogens with one attached hydrogen (secondary N) is 2. The maximum Gasteiger partial charge on any atom is 0.338 e. The van der Waals surface area contributed by atoms with Crippen LogP contribution < -0.4 is 20.1 Å². The summed E-state index contributed by atoms with van der Waals surface area (Å²) in [4.78, 5) is 24.1. The largest absolute Gasteiger partial charge is 0.493 e. The lowest BCUT2D eigenvalue weighted by molar-refractivity contribution is -0.116. The van der Waals surface area contributed by atoms with Crippen molar-refractivity contribution >= 4 is 17.6 Å². The molecule has 0 spiro atoms. The molecule has 2 rings (SSSR count). The van der Waals surface area contributed by atoms with Gasteiger partial charge in [-0.2, -0.15) is 0 Å². The summed E-state index contributed by atoms with van der Waals surface area (Å²) in [5, 5.41) is 6.15. The van der Waals surface area contributed by atoms with Crippen LogP contribution >= 0.6 is 0 Å². The van der Waals surface area contributed by atoms with Gasteiger partial charge >= 0.3 is 5.97 Å². The van der Waals surface area contributed by atoms with Crippen LogP contribution in [0.25, 0.3) is 0 Å². The molecule has 7 nitrogen and oxygen atoms in total. The first kappa shape index (κ1) is 19.1. The Balaban J connectivity index is 2.10. The zero-order chi connectivity index (χ0) is 18.2. The number of methoxy groups -OCH3 is 3. The molecule has 1 aliphatic rings. The van der Waals surface area contributed by atoms with E-state index < -0.39 is 5.97 Å². The van der Waals surface area contributed by atoms with Crippen LogP contribution in [-0.2, 0) is 9.53 Å². The van der Waals surface area contributed by atoms with Gasteiger partial charge in [0.25, 0.3) is 0 Å². The second kappa shape index (κ2) is 9.27. The predicted molar refractivity (Wildman–Crippen MR) is 94.3 cm³/mol. The van der Waals surface area contributed by atoms with Crippen LogP contribution in [0.15, 0.2) is 12.1 Å². The molecule has 0 unspecified atom stereocenters. The van der Waals surface area contributed by atoms with Crippen LogP contribution in [0, 0.1) is 5.92 Å². The summed E-state index contributed by atoms with van der Waals surface area (Å²) in [5.41, 5.74) is 0.686. The Morgan fingerprint density at radius 2 is 1.88 bits per heavy atom. The highest BCUT2D eigenvalue weighted by molar-refractivity contribution is 5.97. The SMILES string of the molecule is COC(=O)c1cc(NC(=O)CCC2CCNCC2)c(OC)c(OC)c1. The number of piperidine rings is 1. The minimum absolute atomic E-state index is 0.110. The fourth-order valence-corrected chi connectivity index (χ4v) is 3.01. The Hall–Kier alpha value is -2.28. The van der Waals surface area contributed by atoms with Gasteiger partial charge in [-0.3, -0.25) is 4.79 Å². The van der Waals surface area contributed by atoms with Crippen LogP contribution in [-0.4, -0.2) is 46.3 Å². The van der Waals surface area contributed by atoms with Crippen molar-refractivity contribution < 1.29 is 23.8 Å². The number of hydrogen-bond donors (Lipinski definition) is 2. The summed E-state index contributed by atoms with van der Waals surface area (Å²) < 4.78 is 15.3. The summed E-state index contributed by atoms with van der Waals surface area (Å²) in [6.45, 7) is 2.02. The number of carbonyl (C=O) groups excluding carboxylic acids is 2. The van der Waals surface area contributed by atoms with Gasteiger partial charge in [-0.1, -0.05) is 0 Å². The summed E-state index contributed by atoms with van der Waals surface area (Å²) in [6.07, 6.45) is 3.48. The van der Waals surface area contributed by atoms with E-state index in [1.165, 1.54) is 33.5 Å². The molecule has 2 N–H and O–H groups in total. The summed E-state index contributed by atoms with van der Waals surface area (Å²) >= 11 is 0. The molecule has 0 aliphatic carbocycles. The maximum atomic E-state index is 12.3. The smallest absolute Gasteiger partial charge is 0.338 e. The molecule has 0 atom stereocenters. The Kier molecular flexibility index (Phi) is 7.06. The molecule has 1 fully saturated rings. The van der Waals surface area contributed by atoms with E-state index in [4.69, 9.17) is 14.2 Å². The molecule has 25 heavy (non-hydrogen) atoms. The molecule has 1 saturated heterocycles. The number of rotatable bonds is 7. The van der Waals surface area contributed by atoms with Crippen LogP contribution in [0.5, 0.6) is 11.5 Å². The van der Waals surface area contributed by atoms with Crippen molar-refractivity contribution in [2.75, 3.05) is 39.7 Å². The van der Waals surface area contributed by atoms with Gasteiger partial charge in [-0.15, -0.1) is 0 Å². The lowest BCUT2D eigenvalue weighted by Gasteiger charge is -2.22. The van der Waals surface area contributed by atoms with Crippen molar-refractivity contribution in [1.82, 2.24) is 5.32 Å². The van der Waals surface area contributed by atoms with E-state index in [0.29, 0.717) is 29.5 Å². The number of ether oxygens (including phenoxy) is 3. The van der Waals surface area contributed by atoms with E-state index in [1.807, 2.05) is 0 Å². The van der Waals surface area contributed by atoms with Gasteiger partial charge in [0.05, 0.1) is 32.6 Å². The molecule has 138 valence electrons. The van der Waals surface area contributed by atoms with Crippen LogP contribution in [0.4, 0.5) is 5.69 Å². The third kappa shape index (κ3) is 5.09. The van der Waals surface area contributed by atoms with Gasteiger partial charge in [-0.25, -0.2) is 4.79 Å². The van der Waals surface area contributed by atoms with E-state index >= 15 is 0 Å². The molecule has 1 aromatic rings. The highest BCUT2D eigenvalue weighted by atomic mass is 16.5. The molecular formula is C18H26N2O5. The Morgan fingerprint density at radius 1 is 1.16 bits per heavy atom. The first-order valence-electron chi connectivity index (χ1n) is 8.44. The first-order chi connectivity index (χ1) is 12.1. The van der Waals surface area contributed by atoms with E-state index in [-0.39, 0.29) is 11.5 Å². The fraction of sp³-hybridized carbons (Fsp3) is 0.556. The molecule has 7 heteroatoms. The van der Waals surface area contributed by atoms with E-state index in [2.05, 4.69) is 10.6 Å². The number of carbonyl (C=O) groups is 2. The van der Waals surface area contributed by atoms with E-state index in [9.17, 15) is 9.59 Å². The van der Waals surface area contributed by atoms with Gasteiger partial charge in [0.2, 0.25) is 5.91 Å². The topological polar surface area (TPSA) is 85.9 Å². The van der Waals surface area contributed by atoms with Crippen LogP contribution in [0.2, 0.25) is 0 Å². The number of anilines is 1. The number of hydrogen-bond acceptors (Lipinski definition) is 6. The van der Waals surface area contributed by atoms with Crippen LogP contribution in [0.3, 0.4) is 0 Å². The van der Waals surface area contributed by atoms with Gasteiger partial charge in [0, 0.05) is 6.42 Å². The van der Waals surface area contributed by atoms with Gasteiger partial charge in [0.15, 0.2) is 11.5 Å². The second-order valence-electron chi connectivity index (χ2n) is 6.03. The van der Waals surface area contributed by atoms with Crippen molar-refractivity contribution in [2.24, 2.45) is 5.92 Å². The predicted octanol–water partition coefficient (Wildman–Crippen LogP) is 2.21. The average molecular weight is 350 g/mol. The standard InChI is InChI=1S/C18H26N2O5/c1-23-15-11-13(18(22)25-3)10-14(17(15)24-2)20-16(21)5-4-12-6-8-19-9-7-12/h10-12,19H,4-9H2,1-3H3,(H,20,21). The zero-order valence-electron chi connectivity index (χ0n) is 15.0. The van der Waals surface area contributed by atoms with Crippen molar-refractivity contribution in [3.05, 3.63) is 17.7 Å². The Morgan fingerprint density at radius 3 is 2.48 bits per heavy atom. The van der Waals surface area contributed by atoms with Gasteiger partial charge in [0.1, 0.15) is 0 Å². The quantitative estimate of drug-likeness (QED) is 0.733. The van der Waals surface area contributed by atoms with Crippen molar-refractivity contribution in [3.8, 4) is 11.5 Å². The second-order valence-corrected chi connectivity index (χ2v) is 6.03. The molecule has 0 aromatic heterocycles. The summed E-state index contributed by atoms with van der Waals surface area (Å²) in [7, 11) is 4.26. The highest BCUT2D eigenvalue weighted by Crippen LogP contribution is 2.37. The molecular weight excluding hydrogens is 324 g/mol. The number of esters is 1. The van der Waals surface area contributed by atoms with Crippen molar-refractivity contribution in [3.63, 3.8) is 0 Å². The lowest BCUT2D eigenvalue weighted by atomic mass is 9.93. The van der Waals surface area contributed by atoms with E-state index in [1.54, 1.807) is 0 Å². The highest BCUT2D eigenvalue weighted by Gasteiger charge is 2.19. The summed E-state index contributed by atoms with van der Waals surface area (Å²) in [6, 6.07) is 3.06. The third-order valence-corrected chi connectivity index (χ3v) is 4.41. The summed E-state index contributed by atoms with van der Waals surface area (Å²) in [5.74, 6) is 0.696. The van der Waals surface area contributed by atoms with Gasteiger partial charge < -0.3 is 24.8 Å². The first-order valence-corrected chi connectivity index (χ1v) is 8.44. The van der Waals surface area contributed by atoms with Crippen molar-refractivity contribution in [2.45, 2.75) is 25.7 Å². The minimum Gasteiger partial charge on any atom is -0.493 e. The van der Waals surface area contributed by atoms with Crippen LogP contribution in [0.1, 0.15) is 36.0 Å². The fourth-order valence-electron chi connectivity index (χ4n) is 3.01. The monoisotopic (exact) mass is 350 g/mol. The molecule has 1 amide bonds. The molecule has 1 heterocycles. The zero-order valence-corrected chi connectivity index (χ0v) is 15.0. The molecule has 0 bridgehead atoms. The van der Waals surface area contributed by atoms with Crippen molar-refractivity contribution in [1.29, 1.82) is 0 Å². The third-order valence-electron chi connectivity index (χ3n) is 4.41. The molecule has 1 aliphatic heterocycles. The molecule has 0 radical (unpaired) electrons. The minimum atomic E-state index is -0.508. The maximum absolute atomic E-state index is 12.3. The number of amides is 1. The number of benzene rings is 1. The average Bonchev–Trinajstić information content (AvgIpc) is 2.65. The normalized spacial score (nSPS) is 14.7. The Bertz CT molecular complexity index is 612. The lowest BCUT2D eigenvalue weighted by Crippen LogP contribution is -2.28. The molecule has 1 aromatic carbocycles. The Labute approximate surface area is 148 Å². The van der Waals surface area contributed by atoms with E-state index in [0.717, 1.165) is 32.4 Å². The van der Waals surface area contributed by atoms with Gasteiger partial charge in [-0.05, 0) is 50.4 Å². The molecule has 0 saturated carbocycles.